The molecule has 0 bridgehead atoms. The molecule has 0 aromatic carbocycles. The minimum absolute atomic E-state index is 0.416. The summed E-state index contributed by atoms with van der Waals surface area (Å²) >= 11 is 3.53. The molecule has 0 aromatic rings. The number of methoxy groups -OCH3 is 1. The van der Waals surface area contributed by atoms with Gasteiger partial charge in [-0.2, -0.15) is 0 Å². The van der Waals surface area contributed by atoms with Gasteiger partial charge in [0.2, 0.25) is 5.91 Å². The van der Waals surface area contributed by atoms with Crippen LogP contribution >= 0.6 is 12.8 Å². The molecule has 5 heteroatoms. The van der Waals surface area contributed by atoms with Crippen LogP contribution in [0.15, 0.2) is 0 Å². The Morgan fingerprint density at radius 2 is 2.18 bits per heavy atom. The first-order valence-corrected chi connectivity index (χ1v) is 3.63. The van der Waals surface area contributed by atoms with E-state index >= 15 is 0 Å². The molecule has 0 fully saturated rings. The van der Waals surface area contributed by atoms with Crippen molar-refractivity contribution in [1.29, 1.82) is 0 Å². The molecule has 0 rings (SSSR count). The molecule has 4 nitrogen and oxygen atoms in total. The number of amides is 1. The van der Waals surface area contributed by atoms with E-state index in [-0.39, 0.29) is 0 Å². The van der Waals surface area contributed by atoms with Crippen molar-refractivity contribution in [1.82, 2.24) is 4.72 Å². The van der Waals surface area contributed by atoms with E-state index in [4.69, 9.17) is 0 Å². The van der Waals surface area contributed by atoms with E-state index in [1.54, 1.807) is 6.92 Å². The number of hydrogen-bond acceptors (Lipinski definition) is 4. The quantitative estimate of drug-likeness (QED) is 0.366. The van der Waals surface area contributed by atoms with Crippen molar-refractivity contribution >= 4 is 24.7 Å². The van der Waals surface area contributed by atoms with E-state index in [1.165, 1.54) is 7.11 Å². The molecule has 1 amide bonds. The monoisotopic (exact) mass is 177 g/mol. The van der Waals surface area contributed by atoms with Crippen molar-refractivity contribution in [2.75, 3.05) is 7.11 Å². The minimum Gasteiger partial charge on any atom is -0.468 e. The third-order valence-corrected chi connectivity index (χ3v) is 1.54. The highest BCUT2D eigenvalue weighted by Gasteiger charge is 2.24. The highest BCUT2D eigenvalue weighted by molar-refractivity contribution is 7.78. The van der Waals surface area contributed by atoms with Crippen LogP contribution in [-0.2, 0) is 14.3 Å². The van der Waals surface area contributed by atoms with Crippen molar-refractivity contribution in [3.63, 3.8) is 0 Å². The molecule has 0 aliphatic rings. The highest BCUT2D eigenvalue weighted by atomic mass is 32.1. The second-order valence-corrected chi connectivity index (χ2v) is 2.18. The molecular formula is C6H11NO3S. The van der Waals surface area contributed by atoms with Crippen LogP contribution in [0.2, 0.25) is 0 Å². The van der Waals surface area contributed by atoms with E-state index in [1.807, 2.05) is 0 Å². The molecule has 0 saturated carbocycles. The van der Waals surface area contributed by atoms with Gasteiger partial charge in [0.05, 0.1) is 7.11 Å². The van der Waals surface area contributed by atoms with Crippen LogP contribution in [0.5, 0.6) is 0 Å². The van der Waals surface area contributed by atoms with Crippen molar-refractivity contribution in [3.05, 3.63) is 0 Å². The second kappa shape index (κ2) is 5.01. The zero-order valence-electron chi connectivity index (χ0n) is 6.46. The van der Waals surface area contributed by atoms with Crippen LogP contribution in [-0.4, -0.2) is 19.0 Å². The zero-order valence-corrected chi connectivity index (χ0v) is 7.35. The number of rotatable bonds is 3. The normalized spacial score (nSPS) is 11.9. The average molecular weight is 177 g/mol. The third kappa shape index (κ3) is 2.80. The zero-order chi connectivity index (χ0) is 8.85. The van der Waals surface area contributed by atoms with Crippen LogP contribution in [0.3, 0.4) is 0 Å². The number of ether oxygens (including phenoxy) is 1. The van der Waals surface area contributed by atoms with E-state index in [0.29, 0.717) is 6.42 Å². The van der Waals surface area contributed by atoms with Gasteiger partial charge < -0.3 is 9.46 Å². The molecule has 0 saturated heterocycles. The standard InChI is InChI=1S/C6H11NO3S/c1-3-4(5(8)7-11)6(9)10-2/h4,11H,3H2,1-2H3,(H,7,8). The van der Waals surface area contributed by atoms with Gasteiger partial charge in [-0.25, -0.2) is 0 Å². The highest BCUT2D eigenvalue weighted by Crippen LogP contribution is 2.04. The molecule has 11 heavy (non-hydrogen) atoms. The first-order chi connectivity index (χ1) is 5.17. The molecule has 1 atom stereocenters. The van der Waals surface area contributed by atoms with Crippen LogP contribution in [0.4, 0.5) is 0 Å². The topological polar surface area (TPSA) is 55.4 Å². The fourth-order valence-corrected chi connectivity index (χ4v) is 0.835. The van der Waals surface area contributed by atoms with Crippen molar-refractivity contribution in [2.45, 2.75) is 13.3 Å². The first-order valence-electron chi connectivity index (χ1n) is 3.19. The first kappa shape index (κ1) is 10.3. The van der Waals surface area contributed by atoms with Crippen LogP contribution in [0.1, 0.15) is 13.3 Å². The maximum atomic E-state index is 10.9. The number of carbonyl (C=O) groups excluding carboxylic acids is 2. The summed E-state index contributed by atoms with van der Waals surface area (Å²) in [5.41, 5.74) is 0. The summed E-state index contributed by atoms with van der Waals surface area (Å²) in [5.74, 6) is -1.70. The molecule has 1 unspecified atom stereocenters. The van der Waals surface area contributed by atoms with Crippen molar-refractivity contribution in [3.8, 4) is 0 Å². The van der Waals surface area contributed by atoms with Gasteiger partial charge in [0.25, 0.3) is 0 Å². The molecular weight excluding hydrogens is 166 g/mol. The van der Waals surface area contributed by atoms with Gasteiger partial charge in [0.15, 0.2) is 0 Å². The number of thiol groups is 1. The lowest BCUT2D eigenvalue weighted by Crippen LogP contribution is -2.30. The summed E-state index contributed by atoms with van der Waals surface area (Å²) in [5, 5.41) is 0. The Labute approximate surface area is 70.8 Å². The maximum absolute atomic E-state index is 10.9. The van der Waals surface area contributed by atoms with Gasteiger partial charge in [-0.05, 0) is 6.42 Å². The molecule has 0 radical (unpaired) electrons. The Balaban J connectivity index is 4.15. The number of nitrogens with one attached hydrogen (secondary N) is 1. The Kier molecular flexibility index (Phi) is 4.69. The number of hydrogen-bond donors (Lipinski definition) is 2. The number of esters is 1. The van der Waals surface area contributed by atoms with Crippen molar-refractivity contribution in [2.24, 2.45) is 5.92 Å². The summed E-state index contributed by atoms with van der Waals surface area (Å²) < 4.78 is 6.48. The largest absolute Gasteiger partial charge is 0.468 e. The molecule has 1 N–H and O–H groups in total. The van der Waals surface area contributed by atoms with Gasteiger partial charge in [-0.15, -0.1) is 0 Å². The molecule has 0 heterocycles. The fraction of sp³-hybridized carbons (Fsp3) is 0.667. The van der Waals surface area contributed by atoms with Gasteiger partial charge in [0, 0.05) is 0 Å². The van der Waals surface area contributed by atoms with Crippen LogP contribution in [0.25, 0.3) is 0 Å². The van der Waals surface area contributed by atoms with E-state index in [9.17, 15) is 9.59 Å². The lowest BCUT2D eigenvalue weighted by molar-refractivity contribution is -0.149. The van der Waals surface area contributed by atoms with Gasteiger partial charge in [-0.3, -0.25) is 9.59 Å². The number of carbonyl (C=O) groups is 2. The summed E-state index contributed by atoms with van der Waals surface area (Å²) in [4.78, 5) is 21.7. The Morgan fingerprint density at radius 1 is 1.64 bits per heavy atom. The lowest BCUT2D eigenvalue weighted by Gasteiger charge is -2.08. The predicted molar refractivity (Wildman–Crippen MR) is 42.9 cm³/mol. The van der Waals surface area contributed by atoms with E-state index < -0.39 is 17.8 Å². The van der Waals surface area contributed by atoms with E-state index in [2.05, 4.69) is 22.3 Å². The molecule has 0 aliphatic heterocycles. The Hall–Kier alpha value is -0.710. The lowest BCUT2D eigenvalue weighted by atomic mass is 10.1. The third-order valence-electron chi connectivity index (χ3n) is 1.32. The SMILES string of the molecule is CCC(C(=O)NS)C(=O)OC. The summed E-state index contributed by atoms with van der Waals surface area (Å²) in [6.07, 6.45) is 0.416. The second-order valence-electron chi connectivity index (χ2n) is 1.96. The maximum Gasteiger partial charge on any atom is 0.318 e. The van der Waals surface area contributed by atoms with E-state index in [0.717, 1.165) is 0 Å². The van der Waals surface area contributed by atoms with Crippen molar-refractivity contribution < 1.29 is 14.3 Å². The Morgan fingerprint density at radius 3 is 2.45 bits per heavy atom. The predicted octanol–water partition coefficient (Wildman–Crippen LogP) is 0.147. The van der Waals surface area contributed by atoms with Gasteiger partial charge in [-0.1, -0.05) is 19.7 Å². The molecule has 0 spiro atoms. The fourth-order valence-electron chi connectivity index (χ4n) is 0.679. The minimum atomic E-state index is -0.738. The summed E-state index contributed by atoms with van der Waals surface area (Å²) in [6, 6.07) is 0. The average Bonchev–Trinajstić information content (AvgIpc) is 2.05. The van der Waals surface area contributed by atoms with Crippen LogP contribution < -0.4 is 4.72 Å². The molecule has 0 aromatic heterocycles. The Bertz CT molecular complexity index is 144. The van der Waals surface area contributed by atoms with Gasteiger partial charge >= 0.3 is 5.97 Å². The summed E-state index contributed by atoms with van der Waals surface area (Å²) in [7, 11) is 1.25. The summed E-state index contributed by atoms with van der Waals surface area (Å²) in [6.45, 7) is 1.73. The molecule has 0 aliphatic carbocycles. The molecule has 64 valence electrons. The van der Waals surface area contributed by atoms with Gasteiger partial charge in [0.1, 0.15) is 5.92 Å². The smallest absolute Gasteiger partial charge is 0.318 e. The van der Waals surface area contributed by atoms with Crippen LogP contribution in [0, 0.1) is 5.92 Å².